The Balaban J connectivity index is 1.69. The van der Waals surface area contributed by atoms with Crippen molar-refractivity contribution in [2.75, 3.05) is 20.8 Å². The Morgan fingerprint density at radius 1 is 0.872 bits per heavy atom. The van der Waals surface area contributed by atoms with Gasteiger partial charge in [0, 0.05) is 24.0 Å². The Kier molecular flexibility index (Phi) is 7.32. The quantitative estimate of drug-likeness (QED) is 0.254. The first-order valence-electron chi connectivity index (χ1n) is 11.9. The van der Waals surface area contributed by atoms with Gasteiger partial charge < -0.3 is 14.2 Å². The number of ether oxygens (including phenoxy) is 3. The molecule has 0 aliphatic carbocycles. The van der Waals surface area contributed by atoms with Crippen LogP contribution in [0.4, 0.5) is 0 Å². The normalized spacial score (nSPS) is 11.5. The minimum atomic E-state index is -3.61. The van der Waals surface area contributed by atoms with Crippen molar-refractivity contribution < 1.29 is 22.6 Å². The molecule has 0 aliphatic heterocycles. The van der Waals surface area contributed by atoms with E-state index in [-0.39, 0.29) is 17.2 Å². The molecule has 200 valence electrons. The van der Waals surface area contributed by atoms with Crippen LogP contribution in [0.1, 0.15) is 18.2 Å². The molecule has 4 aromatic heterocycles. The average Bonchev–Trinajstić information content (AvgIpc) is 3.31. The zero-order valence-corrected chi connectivity index (χ0v) is 22.3. The van der Waals surface area contributed by atoms with Gasteiger partial charge in [-0.3, -0.25) is 4.57 Å². The SMILES string of the molecule is CCOc1cccc(-c2nc3ncc(CS(=O)(=O)Cc4cncnc4)nc3n2-c2c(OC)cccc2OC)n1. The number of nitrogens with zero attached hydrogens (tertiary/aromatic N) is 7. The predicted octanol–water partition coefficient (Wildman–Crippen LogP) is 3.20. The zero-order valence-electron chi connectivity index (χ0n) is 21.5. The summed E-state index contributed by atoms with van der Waals surface area (Å²) in [5.41, 5.74) is 2.34. The van der Waals surface area contributed by atoms with Crippen LogP contribution < -0.4 is 14.2 Å². The summed E-state index contributed by atoms with van der Waals surface area (Å²) in [6, 6.07) is 10.7. The highest BCUT2D eigenvalue weighted by molar-refractivity contribution is 7.89. The van der Waals surface area contributed by atoms with Crippen LogP contribution in [0.2, 0.25) is 0 Å². The lowest BCUT2D eigenvalue weighted by atomic mass is 10.2. The van der Waals surface area contributed by atoms with Crippen molar-refractivity contribution in [2.24, 2.45) is 0 Å². The van der Waals surface area contributed by atoms with Gasteiger partial charge in [-0.25, -0.2) is 38.3 Å². The number of hydrogen-bond donors (Lipinski definition) is 0. The molecule has 0 amide bonds. The summed E-state index contributed by atoms with van der Waals surface area (Å²) in [6.45, 7) is 2.32. The van der Waals surface area contributed by atoms with Gasteiger partial charge in [-0.2, -0.15) is 0 Å². The molecule has 0 saturated carbocycles. The molecule has 4 heterocycles. The van der Waals surface area contributed by atoms with Crippen molar-refractivity contribution >= 4 is 21.1 Å². The van der Waals surface area contributed by atoms with E-state index in [1.54, 1.807) is 49.1 Å². The van der Waals surface area contributed by atoms with E-state index in [2.05, 4.69) is 19.9 Å². The van der Waals surface area contributed by atoms with Crippen LogP contribution in [0.3, 0.4) is 0 Å². The Morgan fingerprint density at radius 2 is 1.59 bits per heavy atom. The summed E-state index contributed by atoms with van der Waals surface area (Å²) in [5, 5.41) is 0. The van der Waals surface area contributed by atoms with E-state index in [0.717, 1.165) is 0 Å². The number of methoxy groups -OCH3 is 2. The summed E-state index contributed by atoms with van der Waals surface area (Å²) in [4.78, 5) is 26.2. The Morgan fingerprint density at radius 3 is 2.28 bits per heavy atom. The molecule has 0 bridgehead atoms. The fourth-order valence-electron chi connectivity index (χ4n) is 4.10. The van der Waals surface area contributed by atoms with Crippen LogP contribution in [0, 0.1) is 0 Å². The van der Waals surface area contributed by atoms with E-state index in [4.69, 9.17) is 24.2 Å². The van der Waals surface area contributed by atoms with Crippen molar-refractivity contribution in [3.05, 3.63) is 72.6 Å². The van der Waals surface area contributed by atoms with Crippen LogP contribution in [0.25, 0.3) is 28.5 Å². The number of rotatable bonds is 10. The van der Waals surface area contributed by atoms with Gasteiger partial charge in [0.05, 0.1) is 44.2 Å². The Bertz CT molecular complexity index is 1700. The number of pyridine rings is 1. The third-order valence-electron chi connectivity index (χ3n) is 5.66. The third kappa shape index (κ3) is 5.48. The van der Waals surface area contributed by atoms with Gasteiger partial charge in [0.1, 0.15) is 29.2 Å². The first-order chi connectivity index (χ1) is 18.9. The molecule has 39 heavy (non-hydrogen) atoms. The maximum atomic E-state index is 13.0. The van der Waals surface area contributed by atoms with Crippen LogP contribution in [0.15, 0.2) is 61.3 Å². The van der Waals surface area contributed by atoms with Gasteiger partial charge in [0.15, 0.2) is 27.0 Å². The summed E-state index contributed by atoms with van der Waals surface area (Å²) >= 11 is 0. The highest BCUT2D eigenvalue weighted by Gasteiger charge is 2.25. The van der Waals surface area contributed by atoms with Crippen molar-refractivity contribution in [1.82, 2.24) is 34.5 Å². The fraction of sp³-hybridized carbons (Fsp3) is 0.231. The highest BCUT2D eigenvalue weighted by atomic mass is 32.2. The molecule has 12 nitrogen and oxygen atoms in total. The minimum Gasteiger partial charge on any atom is -0.494 e. The number of imidazole rings is 1. The number of hydrogen-bond acceptors (Lipinski definition) is 11. The van der Waals surface area contributed by atoms with Crippen molar-refractivity contribution in [3.8, 4) is 34.6 Å². The van der Waals surface area contributed by atoms with E-state index in [1.807, 2.05) is 13.0 Å². The lowest BCUT2D eigenvalue weighted by molar-refractivity contribution is 0.327. The van der Waals surface area contributed by atoms with E-state index in [9.17, 15) is 8.42 Å². The lowest BCUT2D eigenvalue weighted by Crippen LogP contribution is -2.10. The zero-order chi connectivity index (χ0) is 27.4. The maximum Gasteiger partial charge on any atom is 0.213 e. The van der Waals surface area contributed by atoms with Gasteiger partial charge in [-0.05, 0) is 25.1 Å². The summed E-state index contributed by atoms with van der Waals surface area (Å²) < 4.78 is 44.6. The molecular weight excluding hydrogens is 522 g/mol. The van der Waals surface area contributed by atoms with Crippen LogP contribution in [0.5, 0.6) is 17.4 Å². The molecule has 0 N–H and O–H groups in total. The summed E-state index contributed by atoms with van der Waals surface area (Å²) in [6.07, 6.45) is 5.70. The Labute approximate surface area is 224 Å². The van der Waals surface area contributed by atoms with Crippen LogP contribution in [-0.4, -0.2) is 63.7 Å². The minimum absolute atomic E-state index is 0.230. The molecule has 5 aromatic rings. The molecule has 5 rings (SSSR count). The standard InChI is InChI=1S/C26H25N7O5S/c1-4-38-22-10-5-7-19(31-22)25-32-24-26(33(25)23-20(36-2)8-6-9-21(23)37-3)30-18(13-29-24)15-39(34,35)14-17-11-27-16-28-12-17/h5-13,16H,4,14-15H2,1-3H3. The molecule has 13 heteroatoms. The number of benzene rings is 1. The molecular formula is C26H25N7O5S. The number of para-hydroxylation sites is 1. The molecule has 0 fully saturated rings. The fourth-order valence-corrected chi connectivity index (χ4v) is 5.44. The topological polar surface area (TPSA) is 144 Å². The largest absolute Gasteiger partial charge is 0.494 e. The second-order valence-electron chi connectivity index (χ2n) is 8.36. The van der Waals surface area contributed by atoms with Crippen LogP contribution in [-0.2, 0) is 21.3 Å². The second kappa shape index (κ2) is 11.0. The monoisotopic (exact) mass is 547 g/mol. The molecule has 1 aromatic carbocycles. The van der Waals surface area contributed by atoms with Crippen molar-refractivity contribution in [3.63, 3.8) is 0 Å². The average molecular weight is 548 g/mol. The van der Waals surface area contributed by atoms with Gasteiger partial charge in [0.2, 0.25) is 5.88 Å². The molecule has 0 spiro atoms. The van der Waals surface area contributed by atoms with E-state index in [1.165, 1.54) is 24.9 Å². The van der Waals surface area contributed by atoms with Crippen LogP contribution >= 0.6 is 0 Å². The smallest absolute Gasteiger partial charge is 0.213 e. The number of aromatic nitrogens is 7. The first-order valence-corrected chi connectivity index (χ1v) is 13.7. The van der Waals surface area contributed by atoms with E-state index in [0.29, 0.717) is 58.0 Å². The number of fused-ring (bicyclic) bond motifs is 1. The summed E-state index contributed by atoms with van der Waals surface area (Å²) in [7, 11) is -0.520. The highest BCUT2D eigenvalue weighted by Crippen LogP contribution is 2.37. The molecule has 0 aliphatic rings. The second-order valence-corrected chi connectivity index (χ2v) is 10.4. The predicted molar refractivity (Wildman–Crippen MR) is 143 cm³/mol. The van der Waals surface area contributed by atoms with Crippen molar-refractivity contribution in [1.29, 1.82) is 0 Å². The van der Waals surface area contributed by atoms with Gasteiger partial charge in [-0.1, -0.05) is 12.1 Å². The van der Waals surface area contributed by atoms with Gasteiger partial charge in [-0.15, -0.1) is 0 Å². The lowest BCUT2D eigenvalue weighted by Gasteiger charge is -2.16. The molecule has 0 atom stereocenters. The maximum absolute atomic E-state index is 13.0. The summed E-state index contributed by atoms with van der Waals surface area (Å²) in [5.74, 6) is 1.23. The third-order valence-corrected chi connectivity index (χ3v) is 7.17. The van der Waals surface area contributed by atoms with Gasteiger partial charge in [0.25, 0.3) is 0 Å². The van der Waals surface area contributed by atoms with Crippen molar-refractivity contribution in [2.45, 2.75) is 18.4 Å². The molecule has 0 saturated heterocycles. The first kappa shape index (κ1) is 26.0. The van der Waals surface area contributed by atoms with E-state index >= 15 is 0 Å². The number of sulfone groups is 1. The Hall–Kier alpha value is -4.65. The van der Waals surface area contributed by atoms with Gasteiger partial charge >= 0.3 is 0 Å². The molecule has 0 unspecified atom stereocenters. The molecule has 0 radical (unpaired) electrons. The van der Waals surface area contributed by atoms with E-state index < -0.39 is 9.84 Å².